The van der Waals surface area contributed by atoms with E-state index in [4.69, 9.17) is 0 Å². The Hall–Kier alpha value is -1.36. The largest absolute Gasteiger partial charge is 0.334 e. The van der Waals surface area contributed by atoms with Crippen LogP contribution in [0.5, 0.6) is 0 Å². The first-order valence-corrected chi connectivity index (χ1v) is 6.87. The molecule has 0 N–H and O–H groups in total. The zero-order valence-electron chi connectivity index (χ0n) is 12.6. The maximum atomic E-state index is 12.5. The molecule has 0 bridgehead atoms. The van der Waals surface area contributed by atoms with Crippen LogP contribution in [0.2, 0.25) is 0 Å². The molecule has 0 spiro atoms. The zero-order chi connectivity index (χ0) is 14.2. The third-order valence-corrected chi connectivity index (χ3v) is 3.96. The molecular weight excluding hydrogens is 240 g/mol. The molecule has 5 nitrogen and oxygen atoms in total. The van der Waals surface area contributed by atoms with Crippen LogP contribution in [0.3, 0.4) is 0 Å². The number of amides is 1. The van der Waals surface area contributed by atoms with E-state index in [2.05, 4.69) is 44.7 Å². The summed E-state index contributed by atoms with van der Waals surface area (Å²) in [4.78, 5) is 16.7. The van der Waals surface area contributed by atoms with Gasteiger partial charge in [0.1, 0.15) is 5.69 Å². The van der Waals surface area contributed by atoms with Crippen LogP contribution in [0.4, 0.5) is 0 Å². The lowest BCUT2D eigenvalue weighted by atomic mass is 9.99. The van der Waals surface area contributed by atoms with Gasteiger partial charge in [0, 0.05) is 37.4 Å². The van der Waals surface area contributed by atoms with Crippen molar-refractivity contribution >= 4 is 5.91 Å². The minimum Gasteiger partial charge on any atom is -0.334 e. The summed E-state index contributed by atoms with van der Waals surface area (Å²) in [6, 6.07) is 2.10. The zero-order valence-corrected chi connectivity index (χ0v) is 12.6. The molecule has 0 unspecified atom stereocenters. The van der Waals surface area contributed by atoms with Crippen LogP contribution < -0.4 is 0 Å². The van der Waals surface area contributed by atoms with Gasteiger partial charge in [0.25, 0.3) is 5.91 Å². The fourth-order valence-electron chi connectivity index (χ4n) is 2.32. The first-order valence-electron chi connectivity index (χ1n) is 6.87. The Kier molecular flexibility index (Phi) is 3.67. The van der Waals surface area contributed by atoms with E-state index in [1.54, 1.807) is 0 Å². The summed E-state index contributed by atoms with van der Waals surface area (Å²) >= 11 is 0. The fourth-order valence-corrected chi connectivity index (χ4v) is 2.32. The first kappa shape index (κ1) is 14.1. The quantitative estimate of drug-likeness (QED) is 0.815. The van der Waals surface area contributed by atoms with E-state index in [-0.39, 0.29) is 17.5 Å². The van der Waals surface area contributed by atoms with Crippen molar-refractivity contribution in [3.05, 3.63) is 18.0 Å². The minimum atomic E-state index is 0.0223. The van der Waals surface area contributed by atoms with E-state index in [0.717, 1.165) is 19.6 Å². The fraction of sp³-hybridized carbons (Fsp3) is 0.714. The van der Waals surface area contributed by atoms with Gasteiger partial charge in [-0.25, -0.2) is 0 Å². The van der Waals surface area contributed by atoms with E-state index in [1.807, 2.05) is 21.8 Å². The van der Waals surface area contributed by atoms with Crippen LogP contribution in [-0.2, 0) is 0 Å². The monoisotopic (exact) mass is 264 g/mol. The van der Waals surface area contributed by atoms with Crippen LogP contribution in [0.15, 0.2) is 12.3 Å². The summed E-state index contributed by atoms with van der Waals surface area (Å²) in [5, 5.41) is 4.36. The van der Waals surface area contributed by atoms with Crippen molar-refractivity contribution in [3.63, 3.8) is 0 Å². The third kappa shape index (κ3) is 2.81. The molecule has 0 radical (unpaired) electrons. The molecule has 1 fully saturated rings. The van der Waals surface area contributed by atoms with Gasteiger partial charge in [-0.05, 0) is 40.8 Å². The molecule has 0 aromatic carbocycles. The van der Waals surface area contributed by atoms with Gasteiger partial charge in [-0.15, -0.1) is 0 Å². The van der Waals surface area contributed by atoms with Crippen molar-refractivity contribution in [1.82, 2.24) is 19.6 Å². The molecule has 0 saturated carbocycles. The first-order chi connectivity index (χ1) is 8.81. The number of rotatable bonds is 2. The molecule has 1 aromatic heterocycles. The predicted octanol–water partition coefficient (Wildman–Crippen LogP) is 1.63. The molecule has 1 aliphatic heterocycles. The molecule has 1 amide bonds. The summed E-state index contributed by atoms with van der Waals surface area (Å²) in [6.45, 7) is 10.9. The predicted molar refractivity (Wildman–Crippen MR) is 75.2 cm³/mol. The molecule has 106 valence electrons. The number of aromatic nitrogens is 2. The highest BCUT2D eigenvalue weighted by Crippen LogP contribution is 2.20. The smallest absolute Gasteiger partial charge is 0.274 e. The lowest BCUT2D eigenvalue weighted by Gasteiger charge is -2.45. The summed E-state index contributed by atoms with van der Waals surface area (Å²) < 4.78 is 1.83. The maximum absolute atomic E-state index is 12.5. The van der Waals surface area contributed by atoms with Gasteiger partial charge in [0.15, 0.2) is 0 Å². The Morgan fingerprint density at radius 2 is 2.05 bits per heavy atom. The lowest BCUT2D eigenvalue weighted by molar-refractivity contribution is 0.0306. The van der Waals surface area contributed by atoms with Gasteiger partial charge in [-0.1, -0.05) is 0 Å². The highest BCUT2D eigenvalue weighted by molar-refractivity contribution is 5.92. The van der Waals surface area contributed by atoms with Gasteiger partial charge >= 0.3 is 0 Å². The molecule has 19 heavy (non-hydrogen) atoms. The minimum absolute atomic E-state index is 0.0223. The van der Waals surface area contributed by atoms with Crippen molar-refractivity contribution in [1.29, 1.82) is 0 Å². The maximum Gasteiger partial charge on any atom is 0.274 e. The number of nitrogens with zero attached hydrogens (tertiary/aromatic N) is 4. The number of likely N-dealkylation sites (N-methyl/N-ethyl adjacent to an activating group) is 1. The van der Waals surface area contributed by atoms with Gasteiger partial charge < -0.3 is 4.90 Å². The van der Waals surface area contributed by atoms with Crippen molar-refractivity contribution in [2.45, 2.75) is 39.3 Å². The van der Waals surface area contributed by atoms with E-state index in [1.165, 1.54) is 0 Å². The molecular formula is C14H24N4O. The number of carbonyl (C=O) groups is 1. The van der Waals surface area contributed by atoms with Crippen LogP contribution >= 0.6 is 0 Å². The summed E-state index contributed by atoms with van der Waals surface area (Å²) in [7, 11) is 2.11. The highest BCUT2D eigenvalue weighted by Gasteiger charge is 2.34. The molecule has 1 aliphatic rings. The van der Waals surface area contributed by atoms with Crippen LogP contribution in [0.25, 0.3) is 0 Å². The van der Waals surface area contributed by atoms with Gasteiger partial charge in [-0.2, -0.15) is 5.10 Å². The normalized spacial score (nSPS) is 20.0. The van der Waals surface area contributed by atoms with Crippen molar-refractivity contribution in [2.24, 2.45) is 0 Å². The highest BCUT2D eigenvalue weighted by atomic mass is 16.2. The van der Waals surface area contributed by atoms with Crippen molar-refractivity contribution in [2.75, 3.05) is 26.7 Å². The molecule has 1 aromatic rings. The van der Waals surface area contributed by atoms with Crippen molar-refractivity contribution in [3.8, 4) is 0 Å². The molecule has 0 atom stereocenters. The second-order valence-electron chi connectivity index (χ2n) is 6.24. The van der Waals surface area contributed by atoms with Gasteiger partial charge in [-0.3, -0.25) is 14.4 Å². The lowest BCUT2D eigenvalue weighted by Crippen LogP contribution is -2.58. The number of hydrogen-bond acceptors (Lipinski definition) is 3. The summed E-state index contributed by atoms with van der Waals surface area (Å²) in [6.07, 6.45) is 1.87. The van der Waals surface area contributed by atoms with Crippen LogP contribution in [0.1, 0.15) is 44.2 Å². The van der Waals surface area contributed by atoms with Crippen LogP contribution in [-0.4, -0.2) is 57.7 Å². The number of carbonyl (C=O) groups excluding carboxylic acids is 1. The molecule has 0 aliphatic carbocycles. The average molecular weight is 264 g/mol. The summed E-state index contributed by atoms with van der Waals surface area (Å²) in [5.41, 5.74) is 0.572. The number of hydrogen-bond donors (Lipinski definition) is 0. The molecule has 2 heterocycles. The summed E-state index contributed by atoms with van der Waals surface area (Å²) in [5.74, 6) is 0.0422. The van der Waals surface area contributed by atoms with Crippen molar-refractivity contribution < 1.29 is 4.79 Å². The molecule has 5 heteroatoms. The van der Waals surface area contributed by atoms with E-state index < -0.39 is 0 Å². The Morgan fingerprint density at radius 1 is 1.37 bits per heavy atom. The van der Waals surface area contributed by atoms with E-state index in [0.29, 0.717) is 5.69 Å². The average Bonchev–Trinajstić information content (AvgIpc) is 2.81. The van der Waals surface area contributed by atoms with E-state index in [9.17, 15) is 4.79 Å². The Labute approximate surface area is 115 Å². The second kappa shape index (κ2) is 4.96. The standard InChI is InChI=1S/C14H24N4O/c1-11(2)18-7-6-12(15-18)13(19)17-9-8-16(5)14(3,4)10-17/h6-7,11H,8-10H2,1-5H3. The third-order valence-electron chi connectivity index (χ3n) is 3.96. The Morgan fingerprint density at radius 3 is 2.58 bits per heavy atom. The van der Waals surface area contributed by atoms with Gasteiger partial charge in [0.2, 0.25) is 0 Å². The van der Waals surface area contributed by atoms with Crippen LogP contribution in [0, 0.1) is 0 Å². The molecule has 2 rings (SSSR count). The van der Waals surface area contributed by atoms with Gasteiger partial charge in [0.05, 0.1) is 0 Å². The number of piperazine rings is 1. The molecule has 1 saturated heterocycles. The SMILES string of the molecule is CC(C)n1ccc(C(=O)N2CCN(C)C(C)(C)C2)n1. The topological polar surface area (TPSA) is 41.4 Å². The Balaban J connectivity index is 2.11. The van der Waals surface area contributed by atoms with E-state index >= 15 is 0 Å². The Bertz CT molecular complexity index is 464. The second-order valence-corrected chi connectivity index (χ2v) is 6.24.